The van der Waals surface area contributed by atoms with Gasteiger partial charge >= 0.3 is 11.7 Å². The Hall–Kier alpha value is -3.82. The highest BCUT2D eigenvalue weighted by atomic mass is 35.5. The first-order valence-electron chi connectivity index (χ1n) is 11.2. The predicted molar refractivity (Wildman–Crippen MR) is 140 cm³/mol. The second-order valence-corrected chi connectivity index (χ2v) is 10.2. The first-order chi connectivity index (χ1) is 17.3. The molecule has 0 fully saturated rings. The highest BCUT2D eigenvalue weighted by Gasteiger charge is 2.26. The molecule has 0 aliphatic carbocycles. The van der Waals surface area contributed by atoms with Gasteiger partial charge in [-0.25, -0.2) is 18.0 Å². The number of nitrogens with zero attached hydrogens (tertiary/aromatic N) is 2. The fraction of sp³-hybridized carbons (Fsp3) is 0.154. The number of anilines is 1. The van der Waals surface area contributed by atoms with Gasteiger partial charge in [-0.05, 0) is 48.9 Å². The maximum Gasteiger partial charge on any atom is 0.339 e. The van der Waals surface area contributed by atoms with Crippen molar-refractivity contribution < 1.29 is 17.9 Å². The van der Waals surface area contributed by atoms with Crippen LogP contribution < -0.4 is 9.99 Å². The quantitative estimate of drug-likeness (QED) is 0.185. The monoisotopic (exact) mass is 525 g/mol. The van der Waals surface area contributed by atoms with Crippen molar-refractivity contribution in [3.05, 3.63) is 107 Å². The molecule has 0 spiro atoms. The molecule has 186 valence electrons. The standard InChI is InChI=1S/C26H24ClN3O5S/c1-2-15-30(19-9-4-3-5-10-19)36(33,34)20-13-14-22(27)21(18-20)25(31)35-17-8-16-29-24-12-7-6-11-23(24)28-26(29)32/h2-7,9-14,18H,1,8,15-17H2,(H,28,32). The molecule has 0 saturated heterocycles. The van der Waals surface area contributed by atoms with Crippen molar-refractivity contribution in [3.63, 3.8) is 0 Å². The number of hydrogen-bond donors (Lipinski definition) is 1. The van der Waals surface area contributed by atoms with Gasteiger partial charge in [0.25, 0.3) is 10.0 Å². The first kappa shape index (κ1) is 25.3. The molecule has 1 heterocycles. The average Bonchev–Trinajstić information content (AvgIpc) is 3.20. The Labute approximate surface area is 213 Å². The van der Waals surface area contributed by atoms with Crippen molar-refractivity contribution in [2.75, 3.05) is 17.5 Å². The molecule has 36 heavy (non-hydrogen) atoms. The number of hydrogen-bond acceptors (Lipinski definition) is 5. The number of carbonyl (C=O) groups is 1. The van der Waals surface area contributed by atoms with Crippen LogP contribution in [0, 0.1) is 0 Å². The molecule has 0 saturated carbocycles. The number of H-pyrrole nitrogens is 1. The predicted octanol–water partition coefficient (Wildman–Crippen LogP) is 4.61. The third kappa shape index (κ3) is 5.22. The zero-order valence-corrected chi connectivity index (χ0v) is 20.8. The van der Waals surface area contributed by atoms with Crippen LogP contribution in [-0.4, -0.2) is 37.1 Å². The van der Waals surface area contributed by atoms with E-state index in [2.05, 4.69) is 11.6 Å². The Morgan fingerprint density at radius 1 is 1.08 bits per heavy atom. The number of esters is 1. The summed E-state index contributed by atoms with van der Waals surface area (Å²) in [6.07, 6.45) is 1.86. The minimum Gasteiger partial charge on any atom is -0.462 e. The van der Waals surface area contributed by atoms with Crippen LogP contribution >= 0.6 is 11.6 Å². The molecule has 0 radical (unpaired) electrons. The summed E-state index contributed by atoms with van der Waals surface area (Å²) in [6.45, 7) is 4.05. The van der Waals surface area contributed by atoms with E-state index in [-0.39, 0.29) is 34.3 Å². The number of fused-ring (bicyclic) bond motifs is 1. The number of para-hydroxylation sites is 3. The Morgan fingerprint density at radius 3 is 2.56 bits per heavy atom. The molecule has 10 heteroatoms. The summed E-state index contributed by atoms with van der Waals surface area (Å²) >= 11 is 6.20. The zero-order valence-electron chi connectivity index (χ0n) is 19.3. The first-order valence-corrected chi connectivity index (χ1v) is 13.0. The van der Waals surface area contributed by atoms with E-state index in [0.29, 0.717) is 18.7 Å². The van der Waals surface area contributed by atoms with Crippen LogP contribution in [0.1, 0.15) is 16.8 Å². The van der Waals surface area contributed by atoms with Crippen molar-refractivity contribution in [1.82, 2.24) is 9.55 Å². The summed E-state index contributed by atoms with van der Waals surface area (Å²) in [4.78, 5) is 27.6. The topological polar surface area (TPSA) is 101 Å². The van der Waals surface area contributed by atoms with E-state index in [1.165, 1.54) is 28.6 Å². The van der Waals surface area contributed by atoms with Gasteiger partial charge in [-0.2, -0.15) is 0 Å². The number of aryl methyl sites for hydroxylation is 1. The highest BCUT2D eigenvalue weighted by Crippen LogP contribution is 2.27. The maximum absolute atomic E-state index is 13.4. The molecule has 8 nitrogen and oxygen atoms in total. The number of halogens is 1. The van der Waals surface area contributed by atoms with E-state index < -0.39 is 16.0 Å². The van der Waals surface area contributed by atoms with Crippen LogP contribution in [0.5, 0.6) is 0 Å². The van der Waals surface area contributed by atoms with Crippen molar-refractivity contribution in [3.8, 4) is 0 Å². The Kier molecular flexibility index (Phi) is 7.61. The van der Waals surface area contributed by atoms with Gasteiger partial charge in [0.2, 0.25) is 0 Å². The number of imidazole rings is 1. The summed E-state index contributed by atoms with van der Waals surface area (Å²) in [7, 11) is -4.02. The Balaban J connectivity index is 1.48. The summed E-state index contributed by atoms with van der Waals surface area (Å²) in [5.41, 5.74) is 1.64. The molecule has 0 atom stereocenters. The number of aromatic amines is 1. The molecular weight excluding hydrogens is 502 g/mol. The van der Waals surface area contributed by atoms with Gasteiger partial charge in [-0.1, -0.05) is 48.0 Å². The van der Waals surface area contributed by atoms with Gasteiger partial charge in [-0.15, -0.1) is 6.58 Å². The van der Waals surface area contributed by atoms with Crippen LogP contribution in [0.15, 0.2) is 95.1 Å². The zero-order chi connectivity index (χ0) is 25.7. The van der Waals surface area contributed by atoms with Crippen molar-refractivity contribution >= 4 is 44.3 Å². The lowest BCUT2D eigenvalue weighted by Gasteiger charge is -2.23. The molecule has 4 rings (SSSR count). The van der Waals surface area contributed by atoms with Crippen LogP contribution in [0.4, 0.5) is 5.69 Å². The van der Waals surface area contributed by atoms with E-state index >= 15 is 0 Å². The number of carbonyl (C=O) groups excluding carboxylic acids is 1. The largest absolute Gasteiger partial charge is 0.462 e. The van der Waals surface area contributed by atoms with Crippen LogP contribution in [0.3, 0.4) is 0 Å². The summed E-state index contributed by atoms with van der Waals surface area (Å²) < 4.78 is 34.9. The SMILES string of the molecule is C=CCN(c1ccccc1)S(=O)(=O)c1ccc(Cl)c(C(=O)OCCCn2c(=O)[nH]c3ccccc32)c1. The molecular formula is C26H24ClN3O5S. The fourth-order valence-electron chi connectivity index (χ4n) is 3.80. The molecule has 0 unspecified atom stereocenters. The van der Waals surface area contributed by atoms with Gasteiger partial charge in [0.1, 0.15) is 0 Å². The molecule has 1 N–H and O–H groups in total. The molecule has 4 aromatic rings. The Bertz CT molecular complexity index is 1560. The van der Waals surface area contributed by atoms with Gasteiger partial charge < -0.3 is 9.72 Å². The summed E-state index contributed by atoms with van der Waals surface area (Å²) in [6, 6.07) is 19.8. The molecule has 0 amide bonds. The minimum atomic E-state index is -4.02. The smallest absolute Gasteiger partial charge is 0.339 e. The van der Waals surface area contributed by atoms with E-state index in [4.69, 9.17) is 16.3 Å². The van der Waals surface area contributed by atoms with Gasteiger partial charge in [0.15, 0.2) is 0 Å². The van der Waals surface area contributed by atoms with Crippen molar-refractivity contribution in [2.45, 2.75) is 17.9 Å². The highest BCUT2D eigenvalue weighted by molar-refractivity contribution is 7.92. The number of rotatable bonds is 10. The fourth-order valence-corrected chi connectivity index (χ4v) is 5.45. The number of benzene rings is 3. The molecule has 3 aromatic carbocycles. The van der Waals surface area contributed by atoms with E-state index in [0.717, 1.165) is 11.0 Å². The molecule has 0 bridgehead atoms. The lowest BCUT2D eigenvalue weighted by molar-refractivity contribution is 0.0496. The number of ether oxygens (including phenoxy) is 1. The second kappa shape index (κ2) is 10.8. The van der Waals surface area contributed by atoms with Gasteiger partial charge in [-0.3, -0.25) is 8.87 Å². The van der Waals surface area contributed by atoms with Gasteiger partial charge in [0, 0.05) is 6.54 Å². The third-order valence-corrected chi connectivity index (χ3v) is 7.65. The third-order valence-electron chi connectivity index (χ3n) is 5.53. The number of aromatic nitrogens is 2. The van der Waals surface area contributed by atoms with Crippen LogP contribution in [-0.2, 0) is 21.3 Å². The van der Waals surface area contributed by atoms with Crippen LogP contribution in [0.25, 0.3) is 11.0 Å². The lowest BCUT2D eigenvalue weighted by Crippen LogP contribution is -2.31. The van der Waals surface area contributed by atoms with E-state index in [1.807, 2.05) is 24.3 Å². The summed E-state index contributed by atoms with van der Waals surface area (Å²) in [5, 5.41) is 0.0711. The minimum absolute atomic E-state index is 0.0185. The normalized spacial score (nSPS) is 11.4. The number of sulfonamides is 1. The molecule has 0 aliphatic heterocycles. The number of nitrogens with one attached hydrogen (secondary N) is 1. The average molecular weight is 526 g/mol. The van der Waals surface area contributed by atoms with Crippen LogP contribution in [0.2, 0.25) is 5.02 Å². The van der Waals surface area contributed by atoms with E-state index in [9.17, 15) is 18.0 Å². The maximum atomic E-state index is 13.4. The van der Waals surface area contributed by atoms with Crippen molar-refractivity contribution in [1.29, 1.82) is 0 Å². The summed E-state index contributed by atoms with van der Waals surface area (Å²) in [5.74, 6) is -0.752. The van der Waals surface area contributed by atoms with E-state index in [1.54, 1.807) is 34.9 Å². The second-order valence-electron chi connectivity index (χ2n) is 7.89. The molecule has 1 aromatic heterocycles. The van der Waals surface area contributed by atoms with Crippen molar-refractivity contribution in [2.24, 2.45) is 0 Å². The Morgan fingerprint density at radius 2 is 1.81 bits per heavy atom. The van der Waals surface area contributed by atoms with Gasteiger partial charge in [0.05, 0.1) is 45.4 Å². The molecule has 0 aliphatic rings. The lowest BCUT2D eigenvalue weighted by atomic mass is 10.2.